The molecule has 1 aliphatic rings. The number of carbonyl (C=O) groups excluding carboxylic acids is 1. The zero-order valence-corrected chi connectivity index (χ0v) is 12.6. The first-order valence-corrected chi connectivity index (χ1v) is 8.11. The van der Waals surface area contributed by atoms with Crippen molar-refractivity contribution in [3.05, 3.63) is 56.9 Å². The molecular formula is C14H9BrOS2. The van der Waals surface area contributed by atoms with Crippen molar-refractivity contribution in [1.29, 1.82) is 0 Å². The van der Waals surface area contributed by atoms with Gasteiger partial charge in [-0.2, -0.15) is 0 Å². The topological polar surface area (TPSA) is 17.1 Å². The van der Waals surface area contributed by atoms with Gasteiger partial charge in [-0.1, -0.05) is 28.1 Å². The van der Waals surface area contributed by atoms with Gasteiger partial charge in [-0.15, -0.1) is 23.1 Å². The molecule has 0 fully saturated rings. The third-order valence-electron chi connectivity index (χ3n) is 2.71. The van der Waals surface area contributed by atoms with E-state index in [0.717, 1.165) is 31.1 Å². The predicted molar refractivity (Wildman–Crippen MR) is 81.5 cm³/mol. The molecule has 0 spiro atoms. The summed E-state index contributed by atoms with van der Waals surface area (Å²) in [4.78, 5) is 12.3. The Morgan fingerprint density at radius 2 is 2.17 bits per heavy atom. The van der Waals surface area contributed by atoms with E-state index in [2.05, 4.69) is 15.9 Å². The van der Waals surface area contributed by atoms with Gasteiger partial charge in [-0.3, -0.25) is 4.79 Å². The van der Waals surface area contributed by atoms with Gasteiger partial charge in [-0.25, -0.2) is 0 Å². The smallest absolute Gasteiger partial charge is 0.191 e. The Morgan fingerprint density at radius 3 is 3.00 bits per heavy atom. The number of hydrogen-bond acceptors (Lipinski definition) is 3. The van der Waals surface area contributed by atoms with Crippen LogP contribution in [0.3, 0.4) is 0 Å². The lowest BCUT2D eigenvalue weighted by Gasteiger charge is -2.13. The Kier molecular flexibility index (Phi) is 3.41. The summed E-state index contributed by atoms with van der Waals surface area (Å²) in [5.41, 5.74) is 2.80. The Morgan fingerprint density at radius 1 is 1.28 bits per heavy atom. The van der Waals surface area contributed by atoms with Crippen molar-refractivity contribution in [2.45, 2.75) is 4.21 Å². The van der Waals surface area contributed by atoms with E-state index in [1.54, 1.807) is 23.1 Å². The Hall–Kier alpha value is -0.840. The summed E-state index contributed by atoms with van der Waals surface area (Å²) in [7, 11) is 0. The minimum absolute atomic E-state index is 0.171. The highest BCUT2D eigenvalue weighted by Crippen LogP contribution is 2.37. The maximum Gasteiger partial charge on any atom is 0.191 e. The van der Waals surface area contributed by atoms with Crippen LogP contribution in [-0.2, 0) is 0 Å². The predicted octanol–water partition coefficient (Wildman–Crippen LogP) is 4.88. The molecule has 1 nitrogen and oxygen atoms in total. The zero-order chi connectivity index (χ0) is 12.5. The summed E-state index contributed by atoms with van der Waals surface area (Å²) < 4.78 is 2.18. The lowest BCUT2D eigenvalue weighted by molar-refractivity contribution is 0.103. The average molecular weight is 337 g/mol. The normalized spacial score (nSPS) is 16.9. The molecule has 0 aliphatic carbocycles. The third kappa shape index (κ3) is 2.32. The molecule has 0 radical (unpaired) electrons. The zero-order valence-electron chi connectivity index (χ0n) is 9.35. The molecule has 1 aliphatic heterocycles. The molecule has 3 rings (SSSR count). The minimum atomic E-state index is 0.171. The van der Waals surface area contributed by atoms with Crippen LogP contribution in [0.4, 0.5) is 0 Å². The van der Waals surface area contributed by atoms with Gasteiger partial charge in [0.25, 0.3) is 0 Å². The quantitative estimate of drug-likeness (QED) is 0.690. The standard InChI is InChI=1S/C14H9BrOS2/c15-11-3-1-2-9(7-11)6-10-8-18-14-12(13(10)16)4-5-17-14/h1-7H,8H2. The van der Waals surface area contributed by atoms with Crippen molar-refractivity contribution in [2.75, 3.05) is 5.75 Å². The molecule has 1 aromatic heterocycles. The van der Waals surface area contributed by atoms with Crippen LogP contribution in [0.1, 0.15) is 15.9 Å². The number of halogens is 1. The molecule has 1 aromatic carbocycles. The Balaban J connectivity index is 1.97. The van der Waals surface area contributed by atoms with Crippen molar-refractivity contribution in [3.8, 4) is 0 Å². The molecule has 0 atom stereocenters. The number of thiophene rings is 1. The van der Waals surface area contributed by atoms with Crippen molar-refractivity contribution >= 4 is 50.9 Å². The number of hydrogen-bond donors (Lipinski definition) is 0. The first-order valence-electron chi connectivity index (χ1n) is 5.45. The van der Waals surface area contributed by atoms with Gasteiger partial charge in [0, 0.05) is 21.4 Å². The fraction of sp³-hybridized carbons (Fsp3) is 0.0714. The summed E-state index contributed by atoms with van der Waals surface area (Å²) >= 11 is 6.84. The number of ketones is 1. The number of thioether (sulfide) groups is 1. The summed E-state index contributed by atoms with van der Waals surface area (Å²) in [6.45, 7) is 0. The molecule has 18 heavy (non-hydrogen) atoms. The van der Waals surface area contributed by atoms with E-state index in [0.29, 0.717) is 0 Å². The second kappa shape index (κ2) is 5.03. The fourth-order valence-electron chi connectivity index (χ4n) is 1.86. The van der Waals surface area contributed by atoms with Gasteiger partial charge in [0.15, 0.2) is 5.78 Å². The summed E-state index contributed by atoms with van der Waals surface area (Å²) in [6, 6.07) is 9.92. The van der Waals surface area contributed by atoms with E-state index >= 15 is 0 Å². The number of fused-ring (bicyclic) bond motifs is 1. The van der Waals surface area contributed by atoms with Crippen LogP contribution in [-0.4, -0.2) is 11.5 Å². The van der Waals surface area contributed by atoms with E-state index in [-0.39, 0.29) is 5.78 Å². The SMILES string of the molecule is O=C1C(=Cc2cccc(Br)c2)CSc2sccc21. The first kappa shape index (κ1) is 12.2. The lowest BCUT2D eigenvalue weighted by Crippen LogP contribution is -2.10. The molecule has 2 aromatic rings. The molecule has 2 heterocycles. The maximum atomic E-state index is 12.3. The van der Waals surface area contributed by atoms with Gasteiger partial charge in [0.1, 0.15) is 0 Å². The van der Waals surface area contributed by atoms with Crippen molar-refractivity contribution < 1.29 is 4.79 Å². The maximum absolute atomic E-state index is 12.3. The van der Waals surface area contributed by atoms with Crippen molar-refractivity contribution in [2.24, 2.45) is 0 Å². The highest BCUT2D eigenvalue weighted by atomic mass is 79.9. The van der Waals surface area contributed by atoms with Gasteiger partial charge in [0.2, 0.25) is 0 Å². The lowest BCUT2D eigenvalue weighted by atomic mass is 10.0. The molecule has 0 bridgehead atoms. The molecule has 4 heteroatoms. The molecule has 0 amide bonds. The van der Waals surface area contributed by atoms with Crippen LogP contribution in [0.5, 0.6) is 0 Å². The second-order valence-corrected chi connectivity index (χ2v) is 7.04. The fourth-order valence-corrected chi connectivity index (χ4v) is 4.33. The number of Topliss-reactive ketones (excluding diaryl/α,β-unsaturated/α-hetero) is 1. The summed E-state index contributed by atoms with van der Waals surface area (Å²) in [5.74, 6) is 0.934. The summed E-state index contributed by atoms with van der Waals surface area (Å²) in [6.07, 6.45) is 1.99. The molecular weight excluding hydrogens is 328 g/mol. The van der Waals surface area contributed by atoms with Gasteiger partial charge >= 0.3 is 0 Å². The van der Waals surface area contributed by atoms with Crippen LogP contribution in [0.15, 0.2) is 50.0 Å². The number of carbonyl (C=O) groups is 1. The number of benzene rings is 1. The Bertz CT molecular complexity index is 643. The molecule has 0 saturated heterocycles. The highest BCUT2D eigenvalue weighted by molar-refractivity contribution is 9.10. The van der Waals surface area contributed by atoms with Gasteiger partial charge in [-0.05, 0) is 35.2 Å². The third-order valence-corrected chi connectivity index (χ3v) is 5.49. The minimum Gasteiger partial charge on any atom is -0.289 e. The van der Waals surface area contributed by atoms with E-state index in [9.17, 15) is 4.79 Å². The van der Waals surface area contributed by atoms with Crippen molar-refractivity contribution in [3.63, 3.8) is 0 Å². The van der Waals surface area contributed by atoms with E-state index in [1.165, 1.54) is 0 Å². The number of rotatable bonds is 1. The molecule has 0 unspecified atom stereocenters. The van der Waals surface area contributed by atoms with Gasteiger partial charge in [0.05, 0.1) is 4.21 Å². The molecule has 0 N–H and O–H groups in total. The van der Waals surface area contributed by atoms with Crippen molar-refractivity contribution in [1.82, 2.24) is 0 Å². The average Bonchev–Trinajstić information content (AvgIpc) is 2.82. The monoisotopic (exact) mass is 336 g/mol. The molecule has 0 saturated carbocycles. The van der Waals surface area contributed by atoms with E-state index in [4.69, 9.17) is 0 Å². The van der Waals surface area contributed by atoms with Crippen LogP contribution >= 0.6 is 39.0 Å². The van der Waals surface area contributed by atoms with E-state index < -0.39 is 0 Å². The highest BCUT2D eigenvalue weighted by Gasteiger charge is 2.23. The largest absolute Gasteiger partial charge is 0.289 e. The van der Waals surface area contributed by atoms with Crippen LogP contribution in [0, 0.1) is 0 Å². The Labute approximate surface area is 122 Å². The van der Waals surface area contributed by atoms with Crippen LogP contribution < -0.4 is 0 Å². The van der Waals surface area contributed by atoms with Crippen LogP contribution in [0.2, 0.25) is 0 Å². The van der Waals surface area contributed by atoms with E-state index in [1.807, 2.05) is 41.8 Å². The first-order chi connectivity index (χ1) is 8.74. The van der Waals surface area contributed by atoms with Gasteiger partial charge < -0.3 is 0 Å². The molecule has 90 valence electrons. The second-order valence-electron chi connectivity index (χ2n) is 3.96. The van der Waals surface area contributed by atoms with Crippen LogP contribution in [0.25, 0.3) is 6.08 Å². The summed E-state index contributed by atoms with van der Waals surface area (Å²) in [5, 5.41) is 1.98.